The van der Waals surface area contributed by atoms with Crippen LogP contribution in [-0.2, 0) is 25.5 Å². The maximum Gasteiger partial charge on any atom is 0.335 e. The van der Waals surface area contributed by atoms with E-state index in [1.807, 2.05) is 51.2 Å². The molecule has 0 saturated heterocycles. The number of nitrogens with one attached hydrogen (secondary N) is 2. The van der Waals surface area contributed by atoms with Gasteiger partial charge in [-0.15, -0.1) is 0 Å². The molecule has 57 heavy (non-hydrogen) atoms. The van der Waals surface area contributed by atoms with Crippen LogP contribution in [0.2, 0.25) is 0 Å². The van der Waals surface area contributed by atoms with Crippen LogP contribution in [-0.4, -0.2) is 71.8 Å². The molecule has 13 heteroatoms. The SMILES string of the molecule is CC.CCC=C(Nc1ccc(CCCC(O)C(=O)OC2CCCC2)cc1)c1ccc(Nc2ncc3c(n2)N(C2CCCC2)C(CC)C(=O)N3C)c(OC)c1.NC=O. The number of methoxy groups -OCH3 is 1. The van der Waals surface area contributed by atoms with Crippen LogP contribution in [0.3, 0.4) is 0 Å². The van der Waals surface area contributed by atoms with Gasteiger partial charge in [-0.2, -0.15) is 4.98 Å². The van der Waals surface area contributed by atoms with Crippen LogP contribution in [0.15, 0.2) is 54.7 Å². The Kier molecular flexibility index (Phi) is 17.6. The lowest BCUT2D eigenvalue weighted by molar-refractivity contribution is -0.159. The number of likely N-dealkylation sites (N-methyl/N-ethyl adjacent to an activating group) is 1. The molecule has 2 saturated carbocycles. The van der Waals surface area contributed by atoms with Crippen molar-refractivity contribution in [3.8, 4) is 5.75 Å². The Morgan fingerprint density at radius 3 is 2.35 bits per heavy atom. The number of fused-ring (bicyclic) bond motifs is 1. The van der Waals surface area contributed by atoms with Gasteiger partial charge in [-0.25, -0.2) is 9.78 Å². The molecule has 2 fully saturated rings. The first-order valence-electron chi connectivity index (χ1n) is 20.7. The van der Waals surface area contributed by atoms with Crippen molar-refractivity contribution < 1.29 is 29.0 Å². The van der Waals surface area contributed by atoms with Crippen molar-refractivity contribution in [2.75, 3.05) is 34.6 Å². The highest BCUT2D eigenvalue weighted by Crippen LogP contribution is 2.40. The molecule has 3 aliphatic rings. The number of nitrogens with two attached hydrogens (primary N) is 1. The Labute approximate surface area is 338 Å². The van der Waals surface area contributed by atoms with E-state index in [1.54, 1.807) is 18.2 Å². The van der Waals surface area contributed by atoms with E-state index in [0.717, 1.165) is 110 Å². The third-order valence-electron chi connectivity index (χ3n) is 10.6. The third kappa shape index (κ3) is 11.7. The summed E-state index contributed by atoms with van der Waals surface area (Å²) < 4.78 is 11.3. The number of primary amides is 1. The van der Waals surface area contributed by atoms with Gasteiger partial charge >= 0.3 is 5.97 Å². The number of aryl methyl sites for hydroxylation is 1. The summed E-state index contributed by atoms with van der Waals surface area (Å²) in [6, 6.07) is 14.3. The van der Waals surface area contributed by atoms with Crippen LogP contribution in [0.4, 0.5) is 28.8 Å². The van der Waals surface area contributed by atoms with Crippen LogP contribution < -0.4 is 30.9 Å². The van der Waals surface area contributed by atoms with Crippen molar-refractivity contribution in [2.45, 2.75) is 135 Å². The number of aliphatic hydroxyl groups is 1. The topological polar surface area (TPSA) is 172 Å². The van der Waals surface area contributed by atoms with Gasteiger partial charge in [0.1, 0.15) is 23.6 Å². The summed E-state index contributed by atoms with van der Waals surface area (Å²) in [4.78, 5) is 47.6. The monoisotopic (exact) mass is 785 g/mol. The number of aromatic nitrogens is 2. The molecule has 0 spiro atoms. The Morgan fingerprint density at radius 1 is 1.05 bits per heavy atom. The van der Waals surface area contributed by atoms with Gasteiger partial charge in [0.2, 0.25) is 18.3 Å². The molecule has 2 heterocycles. The molecule has 2 atom stereocenters. The van der Waals surface area contributed by atoms with Crippen molar-refractivity contribution in [1.82, 2.24) is 9.97 Å². The minimum Gasteiger partial charge on any atom is -0.495 e. The zero-order valence-corrected chi connectivity index (χ0v) is 34.6. The lowest BCUT2D eigenvalue weighted by atomic mass is 10.0. The Balaban J connectivity index is 0.00000137. The Morgan fingerprint density at radius 2 is 1.72 bits per heavy atom. The lowest BCUT2D eigenvalue weighted by Crippen LogP contribution is -2.55. The number of ether oxygens (including phenoxy) is 2. The largest absolute Gasteiger partial charge is 0.495 e. The average molecular weight is 786 g/mol. The summed E-state index contributed by atoms with van der Waals surface area (Å²) in [6.07, 6.45) is 14.9. The zero-order chi connectivity index (χ0) is 41.3. The fourth-order valence-electron chi connectivity index (χ4n) is 7.75. The molecule has 5 N–H and O–H groups in total. The summed E-state index contributed by atoms with van der Waals surface area (Å²) in [7, 11) is 3.46. The summed E-state index contributed by atoms with van der Waals surface area (Å²) in [5.74, 6) is 1.51. The number of benzene rings is 2. The van der Waals surface area contributed by atoms with Crippen LogP contribution in [0.25, 0.3) is 5.70 Å². The van der Waals surface area contributed by atoms with Crippen LogP contribution in [0.5, 0.6) is 5.75 Å². The molecule has 310 valence electrons. The number of rotatable bonds is 15. The van der Waals surface area contributed by atoms with Gasteiger partial charge in [0.15, 0.2) is 11.9 Å². The smallest absolute Gasteiger partial charge is 0.335 e. The van der Waals surface area contributed by atoms with E-state index >= 15 is 0 Å². The predicted octanol–water partition coefficient (Wildman–Crippen LogP) is 7.89. The molecular weight excluding hydrogens is 723 g/mol. The second kappa shape index (κ2) is 22.5. The number of aliphatic hydroxyl groups excluding tert-OH is 1. The van der Waals surface area contributed by atoms with E-state index in [9.17, 15) is 14.7 Å². The highest BCUT2D eigenvalue weighted by Gasteiger charge is 2.41. The molecule has 2 unspecified atom stereocenters. The van der Waals surface area contributed by atoms with Gasteiger partial charge in [0.05, 0.1) is 19.0 Å². The van der Waals surface area contributed by atoms with E-state index in [2.05, 4.69) is 58.3 Å². The maximum absolute atomic E-state index is 13.3. The quantitative estimate of drug-likeness (QED) is 0.0872. The molecule has 0 bridgehead atoms. The molecule has 1 aliphatic heterocycles. The van der Waals surface area contributed by atoms with Crippen LogP contribution >= 0.6 is 0 Å². The normalized spacial score (nSPS) is 17.4. The number of esters is 1. The first kappa shape index (κ1) is 44.5. The minimum absolute atomic E-state index is 0.0298. The fourth-order valence-corrected chi connectivity index (χ4v) is 7.75. The minimum atomic E-state index is -1.07. The van der Waals surface area contributed by atoms with E-state index < -0.39 is 12.1 Å². The molecule has 13 nitrogen and oxygen atoms in total. The van der Waals surface area contributed by atoms with Crippen molar-refractivity contribution in [2.24, 2.45) is 5.73 Å². The summed E-state index contributed by atoms with van der Waals surface area (Å²) >= 11 is 0. The predicted molar refractivity (Wildman–Crippen MR) is 228 cm³/mol. The first-order chi connectivity index (χ1) is 27.7. The van der Waals surface area contributed by atoms with Crippen molar-refractivity contribution in [3.05, 3.63) is 65.9 Å². The van der Waals surface area contributed by atoms with E-state index in [4.69, 9.17) is 19.3 Å². The van der Waals surface area contributed by atoms with E-state index in [-0.39, 0.29) is 24.5 Å². The van der Waals surface area contributed by atoms with Crippen molar-refractivity contribution in [1.29, 1.82) is 0 Å². The van der Waals surface area contributed by atoms with Gasteiger partial charge in [-0.05, 0) is 100 Å². The Hall–Kier alpha value is -5.17. The molecule has 6 rings (SSSR count). The number of amides is 2. The summed E-state index contributed by atoms with van der Waals surface area (Å²) in [5, 5.41) is 17.2. The van der Waals surface area contributed by atoms with Gasteiger partial charge in [0, 0.05) is 30.0 Å². The highest BCUT2D eigenvalue weighted by molar-refractivity contribution is 6.04. The number of allylic oxidation sites excluding steroid dienone is 1. The number of hydrogen-bond donors (Lipinski definition) is 4. The van der Waals surface area contributed by atoms with E-state index in [0.29, 0.717) is 30.6 Å². The molecule has 2 aromatic carbocycles. The van der Waals surface area contributed by atoms with E-state index in [1.165, 1.54) is 0 Å². The average Bonchev–Trinajstić information content (AvgIpc) is 3.96. The fraction of sp³-hybridized carbons (Fsp3) is 0.523. The van der Waals surface area contributed by atoms with Crippen LogP contribution in [0.1, 0.15) is 116 Å². The van der Waals surface area contributed by atoms with Crippen molar-refractivity contribution >= 4 is 52.8 Å². The number of carbonyl (C=O) groups is 3. The molecule has 3 aromatic rings. The number of nitrogens with zero attached hydrogens (tertiary/aromatic N) is 4. The third-order valence-corrected chi connectivity index (χ3v) is 10.6. The first-order valence-corrected chi connectivity index (χ1v) is 20.7. The lowest BCUT2D eigenvalue weighted by Gasteiger charge is -2.43. The van der Waals surface area contributed by atoms with Gasteiger partial charge in [0.25, 0.3) is 0 Å². The molecule has 0 radical (unpaired) electrons. The number of carbonyl (C=O) groups excluding carboxylic acids is 3. The van der Waals surface area contributed by atoms with Crippen molar-refractivity contribution in [3.63, 3.8) is 0 Å². The Bertz CT molecular complexity index is 1770. The molecular formula is C44H63N7O6. The number of hydrogen-bond acceptors (Lipinski definition) is 11. The van der Waals surface area contributed by atoms with Crippen LogP contribution in [0, 0.1) is 0 Å². The second-order valence-electron chi connectivity index (χ2n) is 14.3. The number of anilines is 5. The molecule has 2 aliphatic carbocycles. The zero-order valence-electron chi connectivity index (χ0n) is 34.6. The summed E-state index contributed by atoms with van der Waals surface area (Å²) in [6.45, 7) is 8.17. The van der Waals surface area contributed by atoms with Gasteiger partial charge in [-0.1, -0.05) is 64.8 Å². The highest BCUT2D eigenvalue weighted by atomic mass is 16.6. The van der Waals surface area contributed by atoms with Gasteiger partial charge < -0.3 is 40.7 Å². The molecule has 2 amide bonds. The molecule has 1 aromatic heterocycles. The second-order valence-corrected chi connectivity index (χ2v) is 14.3. The summed E-state index contributed by atoms with van der Waals surface area (Å²) in [5.41, 5.74) is 9.66. The standard InChI is InChI=1S/C41H54N6O5.C2H6.CH3NO/c1-5-12-32(43-29-22-19-27(20-23-29)13-11-18-36(48)40(50)52-31-16-9-10-17-31)28-21-24-33(37(25-28)51-4)44-41-42-26-35-38(45-41)47(30-14-7-8-15-30)34(6-2)39(49)46(35)3;1-2;2-1-3/h12,19-26,30-31,34,36,43,48H,5-11,13-18H2,1-4H3,(H,42,44,45);1-2H3;1H,(H2,2,3). The van der Waals surface area contributed by atoms with Gasteiger partial charge in [-0.3, -0.25) is 9.59 Å². The maximum atomic E-state index is 13.3.